The molecule has 0 radical (unpaired) electrons. The molecular formula is C11H17N3S. The SMILES string of the molecule is CCSCc1nc(NC)cc(C2CC2)n1. The Morgan fingerprint density at radius 1 is 1.47 bits per heavy atom. The lowest BCUT2D eigenvalue weighted by Crippen LogP contribution is -2.02. The number of hydrogen-bond donors (Lipinski definition) is 1. The van der Waals surface area contributed by atoms with Gasteiger partial charge in [-0.25, -0.2) is 9.97 Å². The van der Waals surface area contributed by atoms with Gasteiger partial charge in [-0.05, 0) is 18.6 Å². The molecule has 0 unspecified atom stereocenters. The Hall–Kier alpha value is -0.770. The number of thioether (sulfide) groups is 1. The van der Waals surface area contributed by atoms with Crippen molar-refractivity contribution in [2.75, 3.05) is 18.1 Å². The number of aromatic nitrogens is 2. The second kappa shape index (κ2) is 4.84. The number of hydrogen-bond acceptors (Lipinski definition) is 4. The largest absolute Gasteiger partial charge is 0.373 e. The van der Waals surface area contributed by atoms with Crippen molar-refractivity contribution in [1.29, 1.82) is 0 Å². The lowest BCUT2D eigenvalue weighted by molar-refractivity contribution is 0.933. The minimum Gasteiger partial charge on any atom is -0.373 e. The molecule has 1 heterocycles. The molecular weight excluding hydrogens is 206 g/mol. The first-order chi connectivity index (χ1) is 7.33. The lowest BCUT2D eigenvalue weighted by atomic mass is 10.3. The van der Waals surface area contributed by atoms with Crippen molar-refractivity contribution in [2.45, 2.75) is 31.4 Å². The third kappa shape index (κ3) is 2.84. The van der Waals surface area contributed by atoms with Crippen LogP contribution in [0.5, 0.6) is 0 Å². The molecule has 0 spiro atoms. The highest BCUT2D eigenvalue weighted by molar-refractivity contribution is 7.98. The molecule has 82 valence electrons. The van der Waals surface area contributed by atoms with Crippen LogP contribution in [0.1, 0.15) is 37.2 Å². The summed E-state index contributed by atoms with van der Waals surface area (Å²) in [4.78, 5) is 9.07. The maximum atomic E-state index is 4.61. The summed E-state index contributed by atoms with van der Waals surface area (Å²) < 4.78 is 0. The van der Waals surface area contributed by atoms with E-state index in [2.05, 4.69) is 28.3 Å². The van der Waals surface area contributed by atoms with Crippen LogP contribution in [0.25, 0.3) is 0 Å². The van der Waals surface area contributed by atoms with Gasteiger partial charge in [0.2, 0.25) is 0 Å². The summed E-state index contributed by atoms with van der Waals surface area (Å²) in [5, 5.41) is 3.11. The first-order valence-corrected chi connectivity index (χ1v) is 6.62. The third-order valence-electron chi connectivity index (χ3n) is 2.48. The third-order valence-corrected chi connectivity index (χ3v) is 3.35. The van der Waals surface area contributed by atoms with Crippen LogP contribution in [0.4, 0.5) is 5.82 Å². The normalized spacial score (nSPS) is 15.3. The number of anilines is 1. The van der Waals surface area contributed by atoms with Gasteiger partial charge in [-0.2, -0.15) is 11.8 Å². The minimum atomic E-state index is 0.700. The molecule has 1 aliphatic carbocycles. The number of nitrogens with one attached hydrogen (secondary N) is 1. The van der Waals surface area contributed by atoms with Crippen LogP contribution in [-0.4, -0.2) is 22.8 Å². The summed E-state index contributed by atoms with van der Waals surface area (Å²) in [6.45, 7) is 2.16. The van der Waals surface area contributed by atoms with Gasteiger partial charge in [0.05, 0.1) is 5.75 Å². The molecule has 1 saturated carbocycles. The molecule has 1 aromatic heterocycles. The van der Waals surface area contributed by atoms with E-state index in [1.165, 1.54) is 18.5 Å². The van der Waals surface area contributed by atoms with E-state index < -0.39 is 0 Å². The van der Waals surface area contributed by atoms with Gasteiger partial charge in [0, 0.05) is 24.7 Å². The lowest BCUT2D eigenvalue weighted by Gasteiger charge is -2.06. The predicted molar refractivity (Wildman–Crippen MR) is 65.4 cm³/mol. The van der Waals surface area contributed by atoms with Gasteiger partial charge in [-0.15, -0.1) is 0 Å². The highest BCUT2D eigenvalue weighted by atomic mass is 32.2. The molecule has 2 rings (SSSR count). The number of rotatable bonds is 5. The van der Waals surface area contributed by atoms with Gasteiger partial charge in [-0.1, -0.05) is 6.92 Å². The molecule has 0 amide bonds. The molecule has 3 nitrogen and oxygen atoms in total. The monoisotopic (exact) mass is 223 g/mol. The fourth-order valence-electron chi connectivity index (χ4n) is 1.49. The molecule has 1 aromatic rings. The molecule has 0 bridgehead atoms. The Balaban J connectivity index is 2.16. The Bertz CT molecular complexity index is 337. The maximum absolute atomic E-state index is 4.61. The summed E-state index contributed by atoms with van der Waals surface area (Å²) in [7, 11) is 1.91. The molecule has 1 N–H and O–H groups in total. The zero-order valence-electron chi connectivity index (χ0n) is 9.29. The Morgan fingerprint density at radius 2 is 2.27 bits per heavy atom. The average molecular weight is 223 g/mol. The van der Waals surface area contributed by atoms with Crippen LogP contribution >= 0.6 is 11.8 Å². The topological polar surface area (TPSA) is 37.8 Å². The van der Waals surface area contributed by atoms with Crippen molar-refractivity contribution in [3.8, 4) is 0 Å². The quantitative estimate of drug-likeness (QED) is 0.832. The fraction of sp³-hybridized carbons (Fsp3) is 0.636. The van der Waals surface area contributed by atoms with Gasteiger partial charge in [0.25, 0.3) is 0 Å². The zero-order chi connectivity index (χ0) is 10.7. The first kappa shape index (κ1) is 10.7. The smallest absolute Gasteiger partial charge is 0.140 e. The van der Waals surface area contributed by atoms with Crippen molar-refractivity contribution in [2.24, 2.45) is 0 Å². The van der Waals surface area contributed by atoms with Crippen LogP contribution in [0.3, 0.4) is 0 Å². The van der Waals surface area contributed by atoms with Crippen molar-refractivity contribution < 1.29 is 0 Å². The molecule has 0 atom stereocenters. The van der Waals surface area contributed by atoms with E-state index in [1.807, 2.05) is 18.8 Å². The standard InChI is InChI=1S/C11H17N3S/c1-3-15-7-11-13-9(8-4-5-8)6-10(12-2)14-11/h6,8H,3-5,7H2,1-2H3,(H,12,13,14). The summed E-state index contributed by atoms with van der Waals surface area (Å²) in [6, 6.07) is 2.08. The first-order valence-electron chi connectivity index (χ1n) is 5.46. The number of nitrogens with zero attached hydrogens (tertiary/aromatic N) is 2. The molecule has 0 saturated heterocycles. The summed E-state index contributed by atoms with van der Waals surface area (Å²) in [5.41, 5.74) is 1.22. The van der Waals surface area contributed by atoms with Crippen LogP contribution in [-0.2, 0) is 5.75 Å². The molecule has 15 heavy (non-hydrogen) atoms. The van der Waals surface area contributed by atoms with Crippen molar-refractivity contribution in [3.63, 3.8) is 0 Å². The summed E-state index contributed by atoms with van der Waals surface area (Å²) in [5.74, 6) is 4.66. The molecule has 0 aromatic carbocycles. The average Bonchev–Trinajstić information content (AvgIpc) is 3.09. The van der Waals surface area contributed by atoms with Crippen LogP contribution < -0.4 is 5.32 Å². The highest BCUT2D eigenvalue weighted by Gasteiger charge is 2.25. The molecule has 4 heteroatoms. The highest BCUT2D eigenvalue weighted by Crippen LogP contribution is 2.39. The van der Waals surface area contributed by atoms with Crippen molar-refractivity contribution in [1.82, 2.24) is 9.97 Å². The predicted octanol–water partition coefficient (Wildman–Crippen LogP) is 2.65. The van der Waals surface area contributed by atoms with E-state index in [1.54, 1.807) is 0 Å². The van der Waals surface area contributed by atoms with E-state index >= 15 is 0 Å². The molecule has 1 fully saturated rings. The van der Waals surface area contributed by atoms with Crippen LogP contribution in [0.2, 0.25) is 0 Å². The maximum Gasteiger partial charge on any atom is 0.140 e. The van der Waals surface area contributed by atoms with Crippen LogP contribution in [0, 0.1) is 0 Å². The van der Waals surface area contributed by atoms with E-state index in [9.17, 15) is 0 Å². The van der Waals surface area contributed by atoms with Gasteiger partial charge in [0.1, 0.15) is 11.6 Å². The second-order valence-corrected chi connectivity index (χ2v) is 5.03. The van der Waals surface area contributed by atoms with Crippen molar-refractivity contribution in [3.05, 3.63) is 17.6 Å². The van der Waals surface area contributed by atoms with Gasteiger partial charge >= 0.3 is 0 Å². The van der Waals surface area contributed by atoms with E-state index in [0.717, 1.165) is 23.1 Å². The van der Waals surface area contributed by atoms with Gasteiger partial charge in [0.15, 0.2) is 0 Å². The summed E-state index contributed by atoms with van der Waals surface area (Å²) in [6.07, 6.45) is 2.58. The van der Waals surface area contributed by atoms with E-state index in [-0.39, 0.29) is 0 Å². The minimum absolute atomic E-state index is 0.700. The molecule has 0 aliphatic heterocycles. The zero-order valence-corrected chi connectivity index (χ0v) is 10.1. The Morgan fingerprint density at radius 3 is 2.87 bits per heavy atom. The Labute approximate surface area is 95.1 Å². The van der Waals surface area contributed by atoms with Crippen molar-refractivity contribution >= 4 is 17.6 Å². The van der Waals surface area contributed by atoms with E-state index in [0.29, 0.717) is 5.92 Å². The van der Waals surface area contributed by atoms with Gasteiger partial charge in [-0.3, -0.25) is 0 Å². The Kier molecular flexibility index (Phi) is 3.46. The van der Waals surface area contributed by atoms with E-state index in [4.69, 9.17) is 0 Å². The summed E-state index contributed by atoms with van der Waals surface area (Å²) >= 11 is 1.87. The fourth-order valence-corrected chi connectivity index (χ4v) is 2.01. The second-order valence-electron chi connectivity index (χ2n) is 3.76. The molecule has 1 aliphatic rings. The van der Waals surface area contributed by atoms with Gasteiger partial charge < -0.3 is 5.32 Å². The van der Waals surface area contributed by atoms with Crippen LogP contribution in [0.15, 0.2) is 6.07 Å².